The Bertz CT molecular complexity index is 647. The van der Waals surface area contributed by atoms with Crippen LogP contribution in [-0.2, 0) is 0 Å². The molecule has 0 amide bonds. The summed E-state index contributed by atoms with van der Waals surface area (Å²) in [4.78, 5) is 8.63. The number of aromatic nitrogens is 2. The van der Waals surface area contributed by atoms with Crippen molar-refractivity contribution in [1.29, 1.82) is 0 Å². The highest BCUT2D eigenvalue weighted by Gasteiger charge is 2.27. The summed E-state index contributed by atoms with van der Waals surface area (Å²) in [5, 5.41) is 0.404. The van der Waals surface area contributed by atoms with Gasteiger partial charge < -0.3 is 9.47 Å². The minimum absolute atomic E-state index is 0.404. The van der Waals surface area contributed by atoms with Gasteiger partial charge in [-0.15, -0.1) is 0 Å². The van der Waals surface area contributed by atoms with Crippen LogP contribution in [0.25, 0.3) is 0 Å². The Labute approximate surface area is 130 Å². The minimum atomic E-state index is 0.404. The van der Waals surface area contributed by atoms with E-state index in [4.69, 9.17) is 21.1 Å². The molecule has 1 aliphatic carbocycles. The van der Waals surface area contributed by atoms with E-state index in [1.54, 1.807) is 13.2 Å². The van der Waals surface area contributed by atoms with Crippen LogP contribution >= 0.6 is 27.5 Å². The smallest absolute Gasteiger partial charge is 0.224 e. The summed E-state index contributed by atoms with van der Waals surface area (Å²) in [5.74, 6) is 3.05. The Morgan fingerprint density at radius 2 is 2.05 bits per heavy atom. The van der Waals surface area contributed by atoms with E-state index in [2.05, 4.69) is 25.9 Å². The third-order valence-electron chi connectivity index (χ3n) is 2.98. The quantitative estimate of drug-likeness (QED) is 0.754. The maximum Gasteiger partial charge on any atom is 0.224 e. The molecule has 0 aliphatic heterocycles. The number of halogens is 2. The van der Waals surface area contributed by atoms with Crippen LogP contribution < -0.4 is 9.47 Å². The Kier molecular flexibility index (Phi) is 3.81. The molecule has 104 valence electrons. The fourth-order valence-corrected chi connectivity index (χ4v) is 2.41. The zero-order valence-corrected chi connectivity index (χ0v) is 13.1. The Morgan fingerprint density at radius 1 is 1.25 bits per heavy atom. The van der Waals surface area contributed by atoms with E-state index in [0.717, 1.165) is 28.9 Å². The molecule has 3 rings (SSSR count). The highest BCUT2D eigenvalue weighted by atomic mass is 79.9. The largest absolute Gasteiger partial charge is 0.497 e. The van der Waals surface area contributed by atoms with E-state index in [1.807, 2.05) is 18.2 Å². The monoisotopic (exact) mass is 354 g/mol. The van der Waals surface area contributed by atoms with Gasteiger partial charge in [0.2, 0.25) is 5.88 Å². The number of ether oxygens (including phenoxy) is 2. The zero-order valence-electron chi connectivity index (χ0n) is 10.8. The SMILES string of the molecule is COc1ccc(Oc2cc(Cl)nc(C3CC3)n2)c(Br)c1. The molecule has 0 N–H and O–H groups in total. The predicted octanol–water partition coefficient (Wildman–Crippen LogP) is 4.57. The van der Waals surface area contributed by atoms with Crippen molar-refractivity contribution >= 4 is 27.5 Å². The van der Waals surface area contributed by atoms with Crippen molar-refractivity contribution in [3.63, 3.8) is 0 Å². The molecule has 1 aromatic carbocycles. The van der Waals surface area contributed by atoms with Crippen LogP contribution in [0.15, 0.2) is 28.7 Å². The summed E-state index contributed by atoms with van der Waals surface area (Å²) in [5.41, 5.74) is 0. The first-order valence-corrected chi connectivity index (χ1v) is 7.38. The fourth-order valence-electron chi connectivity index (χ4n) is 1.79. The highest BCUT2D eigenvalue weighted by molar-refractivity contribution is 9.10. The molecule has 0 saturated heterocycles. The van der Waals surface area contributed by atoms with Crippen molar-refractivity contribution in [2.45, 2.75) is 18.8 Å². The molecule has 4 nitrogen and oxygen atoms in total. The van der Waals surface area contributed by atoms with Crippen LogP contribution in [0, 0.1) is 0 Å². The van der Waals surface area contributed by atoms with Gasteiger partial charge in [0, 0.05) is 12.0 Å². The molecule has 0 bridgehead atoms. The molecule has 1 saturated carbocycles. The van der Waals surface area contributed by atoms with Crippen LogP contribution in [0.1, 0.15) is 24.6 Å². The Morgan fingerprint density at radius 3 is 2.70 bits per heavy atom. The molecule has 0 atom stereocenters. The molecule has 20 heavy (non-hydrogen) atoms. The summed E-state index contributed by atoms with van der Waals surface area (Å²) in [6.07, 6.45) is 2.23. The first-order chi connectivity index (χ1) is 9.65. The molecule has 0 radical (unpaired) electrons. The van der Waals surface area contributed by atoms with E-state index in [1.165, 1.54) is 0 Å². The van der Waals surface area contributed by atoms with E-state index in [9.17, 15) is 0 Å². The van der Waals surface area contributed by atoms with E-state index < -0.39 is 0 Å². The average molecular weight is 356 g/mol. The van der Waals surface area contributed by atoms with Crippen molar-refractivity contribution in [2.75, 3.05) is 7.11 Å². The number of rotatable bonds is 4. The Balaban J connectivity index is 1.87. The van der Waals surface area contributed by atoms with Gasteiger partial charge in [0.05, 0.1) is 11.6 Å². The van der Waals surface area contributed by atoms with Crippen LogP contribution in [-0.4, -0.2) is 17.1 Å². The molecule has 1 aliphatic rings. The summed E-state index contributed by atoms with van der Waals surface area (Å²) in [7, 11) is 1.62. The maximum atomic E-state index is 6.01. The predicted molar refractivity (Wildman–Crippen MR) is 79.8 cm³/mol. The molecular formula is C14H12BrClN2O2. The van der Waals surface area contributed by atoms with Crippen LogP contribution in [0.3, 0.4) is 0 Å². The van der Waals surface area contributed by atoms with Crippen molar-refractivity contribution in [3.05, 3.63) is 39.7 Å². The van der Waals surface area contributed by atoms with Gasteiger partial charge >= 0.3 is 0 Å². The van der Waals surface area contributed by atoms with Crippen LogP contribution in [0.4, 0.5) is 0 Å². The third-order valence-corrected chi connectivity index (χ3v) is 3.80. The van der Waals surface area contributed by atoms with Crippen LogP contribution in [0.2, 0.25) is 5.15 Å². The third kappa shape index (κ3) is 3.04. The summed E-state index contributed by atoms with van der Waals surface area (Å²) < 4.78 is 11.7. The van der Waals surface area contributed by atoms with Gasteiger partial charge in [-0.05, 0) is 47.0 Å². The topological polar surface area (TPSA) is 44.2 Å². The highest BCUT2D eigenvalue weighted by Crippen LogP contribution is 2.40. The fraction of sp³-hybridized carbons (Fsp3) is 0.286. The van der Waals surface area contributed by atoms with Crippen LogP contribution in [0.5, 0.6) is 17.4 Å². The summed E-state index contributed by atoms with van der Waals surface area (Å²) in [6.45, 7) is 0. The number of hydrogen-bond acceptors (Lipinski definition) is 4. The van der Waals surface area contributed by atoms with Gasteiger partial charge in [0.1, 0.15) is 22.5 Å². The lowest BCUT2D eigenvalue weighted by atomic mass is 10.3. The van der Waals surface area contributed by atoms with E-state index in [-0.39, 0.29) is 0 Å². The molecular weight excluding hydrogens is 344 g/mol. The second kappa shape index (κ2) is 5.58. The van der Waals surface area contributed by atoms with Gasteiger partial charge in [0.15, 0.2) is 0 Å². The van der Waals surface area contributed by atoms with E-state index in [0.29, 0.717) is 22.7 Å². The van der Waals surface area contributed by atoms with Crippen molar-refractivity contribution in [3.8, 4) is 17.4 Å². The number of hydrogen-bond donors (Lipinski definition) is 0. The number of methoxy groups -OCH3 is 1. The second-order valence-corrected chi connectivity index (χ2v) is 5.80. The molecule has 1 heterocycles. The lowest BCUT2D eigenvalue weighted by molar-refractivity contribution is 0.411. The van der Waals surface area contributed by atoms with Crippen molar-refractivity contribution < 1.29 is 9.47 Å². The van der Waals surface area contributed by atoms with Gasteiger partial charge in [-0.1, -0.05) is 11.6 Å². The first kappa shape index (κ1) is 13.6. The van der Waals surface area contributed by atoms with Crippen molar-refractivity contribution in [1.82, 2.24) is 9.97 Å². The standard InChI is InChI=1S/C14H12BrClN2O2/c1-19-9-4-5-11(10(15)6-9)20-13-7-12(16)17-14(18-13)8-2-3-8/h4-8H,2-3H2,1H3. The van der Waals surface area contributed by atoms with Gasteiger partial charge in [-0.3, -0.25) is 0 Å². The zero-order chi connectivity index (χ0) is 14.1. The second-order valence-electron chi connectivity index (χ2n) is 4.56. The average Bonchev–Trinajstić information content (AvgIpc) is 3.25. The molecule has 0 unspecified atom stereocenters. The summed E-state index contributed by atoms with van der Waals surface area (Å²) >= 11 is 9.46. The Hall–Kier alpha value is -1.33. The minimum Gasteiger partial charge on any atom is -0.497 e. The molecule has 1 fully saturated rings. The number of nitrogens with zero attached hydrogens (tertiary/aromatic N) is 2. The van der Waals surface area contributed by atoms with Gasteiger partial charge in [0.25, 0.3) is 0 Å². The summed E-state index contributed by atoms with van der Waals surface area (Å²) in [6, 6.07) is 7.09. The molecule has 2 aromatic rings. The number of benzene rings is 1. The maximum absolute atomic E-state index is 6.01. The van der Waals surface area contributed by atoms with Crippen molar-refractivity contribution in [2.24, 2.45) is 0 Å². The molecule has 6 heteroatoms. The van der Waals surface area contributed by atoms with Gasteiger partial charge in [-0.2, -0.15) is 4.98 Å². The lowest BCUT2D eigenvalue weighted by Gasteiger charge is -2.09. The van der Waals surface area contributed by atoms with E-state index >= 15 is 0 Å². The molecule has 0 spiro atoms. The van der Waals surface area contributed by atoms with Gasteiger partial charge in [-0.25, -0.2) is 4.98 Å². The normalized spacial score (nSPS) is 14.2. The first-order valence-electron chi connectivity index (χ1n) is 6.21. The molecule has 1 aromatic heterocycles. The lowest BCUT2D eigenvalue weighted by Crippen LogP contribution is -1.97.